The largest absolute Gasteiger partial charge is 0.481 e. The molecule has 0 spiro atoms. The lowest BCUT2D eigenvalue weighted by atomic mass is 9.95. The molecule has 17 heavy (non-hydrogen) atoms. The van der Waals surface area contributed by atoms with Crippen molar-refractivity contribution in [1.82, 2.24) is 5.32 Å². The van der Waals surface area contributed by atoms with Crippen molar-refractivity contribution in [3.8, 4) is 0 Å². The number of aliphatic carboxylic acids is 1. The molecular formula is C12H15NO4. The van der Waals surface area contributed by atoms with Crippen molar-refractivity contribution in [3.05, 3.63) is 24.2 Å². The van der Waals surface area contributed by atoms with Crippen molar-refractivity contribution in [2.24, 2.45) is 11.8 Å². The summed E-state index contributed by atoms with van der Waals surface area (Å²) in [6.07, 6.45) is 5.16. The number of hydrogen-bond donors (Lipinski definition) is 2. The second-order valence-corrected chi connectivity index (χ2v) is 4.33. The van der Waals surface area contributed by atoms with Gasteiger partial charge in [-0.2, -0.15) is 0 Å². The first-order valence-electron chi connectivity index (χ1n) is 5.70. The van der Waals surface area contributed by atoms with Crippen LogP contribution in [0, 0.1) is 11.8 Å². The quantitative estimate of drug-likeness (QED) is 0.829. The fourth-order valence-corrected chi connectivity index (χ4v) is 2.28. The highest BCUT2D eigenvalue weighted by Crippen LogP contribution is 2.32. The van der Waals surface area contributed by atoms with E-state index in [1.54, 1.807) is 12.3 Å². The van der Waals surface area contributed by atoms with Crippen LogP contribution in [-0.2, 0) is 16.1 Å². The number of nitrogens with one attached hydrogen (secondary N) is 1. The molecule has 1 aromatic heterocycles. The van der Waals surface area contributed by atoms with Crippen LogP contribution in [0.3, 0.4) is 0 Å². The maximum absolute atomic E-state index is 11.9. The van der Waals surface area contributed by atoms with Gasteiger partial charge in [0.25, 0.3) is 0 Å². The number of carbonyl (C=O) groups excluding carboxylic acids is 1. The lowest BCUT2D eigenvalue weighted by Crippen LogP contribution is -2.34. The molecule has 0 saturated heterocycles. The molecule has 1 aliphatic carbocycles. The first-order chi connectivity index (χ1) is 8.18. The molecule has 5 heteroatoms. The first-order valence-corrected chi connectivity index (χ1v) is 5.70. The van der Waals surface area contributed by atoms with E-state index in [1.807, 2.05) is 0 Å². The molecule has 1 aliphatic rings. The van der Waals surface area contributed by atoms with Crippen molar-refractivity contribution in [2.45, 2.75) is 25.8 Å². The number of furan rings is 1. The Morgan fingerprint density at radius 2 is 2.18 bits per heavy atom. The van der Waals surface area contributed by atoms with Crippen LogP contribution in [0.25, 0.3) is 0 Å². The topological polar surface area (TPSA) is 79.5 Å². The van der Waals surface area contributed by atoms with Gasteiger partial charge in [-0.25, -0.2) is 0 Å². The van der Waals surface area contributed by atoms with E-state index in [0.717, 1.165) is 12.0 Å². The Bertz CT molecular complexity index is 399. The average Bonchev–Trinajstić information content (AvgIpc) is 2.96. The third-order valence-electron chi connectivity index (χ3n) is 3.22. The number of rotatable bonds is 4. The molecule has 1 saturated carbocycles. The van der Waals surface area contributed by atoms with Gasteiger partial charge in [-0.05, 0) is 18.9 Å². The fraction of sp³-hybridized carbons (Fsp3) is 0.500. The minimum atomic E-state index is -0.869. The summed E-state index contributed by atoms with van der Waals surface area (Å²) in [5.74, 6) is -1.96. The van der Waals surface area contributed by atoms with E-state index in [-0.39, 0.29) is 11.8 Å². The number of carbonyl (C=O) groups is 2. The van der Waals surface area contributed by atoms with Crippen LogP contribution in [0.2, 0.25) is 0 Å². The van der Waals surface area contributed by atoms with Crippen molar-refractivity contribution < 1.29 is 19.1 Å². The molecule has 1 amide bonds. The van der Waals surface area contributed by atoms with Crippen molar-refractivity contribution in [2.75, 3.05) is 0 Å². The Morgan fingerprint density at radius 3 is 2.82 bits per heavy atom. The van der Waals surface area contributed by atoms with Crippen molar-refractivity contribution in [1.29, 1.82) is 0 Å². The number of carboxylic acids is 1. The predicted molar refractivity (Wildman–Crippen MR) is 59.0 cm³/mol. The van der Waals surface area contributed by atoms with Gasteiger partial charge in [-0.1, -0.05) is 6.42 Å². The Hall–Kier alpha value is -1.78. The summed E-state index contributed by atoms with van der Waals surface area (Å²) >= 11 is 0. The van der Waals surface area contributed by atoms with Crippen molar-refractivity contribution in [3.63, 3.8) is 0 Å². The normalized spacial score (nSPS) is 23.5. The Kier molecular flexibility index (Phi) is 3.46. The zero-order chi connectivity index (χ0) is 12.3. The highest BCUT2D eigenvalue weighted by atomic mass is 16.4. The third kappa shape index (κ3) is 2.67. The third-order valence-corrected chi connectivity index (χ3v) is 3.22. The molecule has 0 aromatic carbocycles. The van der Waals surface area contributed by atoms with Crippen molar-refractivity contribution >= 4 is 11.9 Å². The van der Waals surface area contributed by atoms with Crippen LogP contribution in [0.5, 0.6) is 0 Å². The molecule has 2 unspecified atom stereocenters. The molecule has 1 heterocycles. The second-order valence-electron chi connectivity index (χ2n) is 4.33. The highest BCUT2D eigenvalue weighted by molar-refractivity contribution is 5.85. The minimum absolute atomic E-state index is 0.170. The molecule has 2 rings (SSSR count). The summed E-state index contributed by atoms with van der Waals surface area (Å²) in [5.41, 5.74) is 0.878. The van der Waals surface area contributed by atoms with Gasteiger partial charge >= 0.3 is 5.97 Å². The van der Waals surface area contributed by atoms with Crippen LogP contribution >= 0.6 is 0 Å². The van der Waals surface area contributed by atoms with Crippen LogP contribution in [-0.4, -0.2) is 17.0 Å². The van der Waals surface area contributed by atoms with Crippen LogP contribution in [0.4, 0.5) is 0 Å². The van der Waals surface area contributed by atoms with E-state index in [1.165, 1.54) is 6.26 Å². The second kappa shape index (κ2) is 5.03. The molecule has 2 N–H and O–H groups in total. The minimum Gasteiger partial charge on any atom is -0.481 e. The van der Waals surface area contributed by atoms with Gasteiger partial charge in [0.2, 0.25) is 5.91 Å². The zero-order valence-corrected chi connectivity index (χ0v) is 9.39. The first kappa shape index (κ1) is 11.7. The lowest BCUT2D eigenvalue weighted by molar-refractivity contribution is -0.146. The summed E-state index contributed by atoms with van der Waals surface area (Å²) in [4.78, 5) is 22.8. The van der Waals surface area contributed by atoms with Gasteiger partial charge in [0.1, 0.15) is 0 Å². The highest BCUT2D eigenvalue weighted by Gasteiger charge is 2.37. The summed E-state index contributed by atoms with van der Waals surface area (Å²) < 4.78 is 4.89. The van der Waals surface area contributed by atoms with Crippen LogP contribution < -0.4 is 5.32 Å². The molecule has 1 fully saturated rings. The standard InChI is InChI=1S/C12H15NO4/c14-11(13-6-8-4-5-17-7-8)9-2-1-3-10(9)12(15)16/h4-5,7,9-10H,1-3,6H2,(H,13,14)(H,15,16). The lowest BCUT2D eigenvalue weighted by Gasteiger charge is -2.15. The van der Waals surface area contributed by atoms with E-state index in [0.29, 0.717) is 19.4 Å². The van der Waals surface area contributed by atoms with Crippen LogP contribution in [0.15, 0.2) is 23.0 Å². The maximum atomic E-state index is 11.9. The Balaban J connectivity index is 1.89. The zero-order valence-electron chi connectivity index (χ0n) is 9.39. The SMILES string of the molecule is O=C(O)C1CCCC1C(=O)NCc1ccoc1. The summed E-state index contributed by atoms with van der Waals surface area (Å²) in [6.45, 7) is 0.387. The molecule has 92 valence electrons. The van der Waals surface area contributed by atoms with E-state index >= 15 is 0 Å². The van der Waals surface area contributed by atoms with Gasteiger partial charge in [0, 0.05) is 12.1 Å². The maximum Gasteiger partial charge on any atom is 0.307 e. The van der Waals surface area contributed by atoms with Crippen LogP contribution in [0.1, 0.15) is 24.8 Å². The molecule has 1 aromatic rings. The van der Waals surface area contributed by atoms with Gasteiger partial charge in [0.15, 0.2) is 0 Å². The molecule has 0 aliphatic heterocycles. The van der Waals surface area contributed by atoms with E-state index in [9.17, 15) is 9.59 Å². The number of hydrogen-bond acceptors (Lipinski definition) is 3. The van der Waals surface area contributed by atoms with Gasteiger partial charge in [0.05, 0.1) is 24.4 Å². The molecule has 5 nitrogen and oxygen atoms in total. The van der Waals surface area contributed by atoms with E-state index in [4.69, 9.17) is 9.52 Å². The average molecular weight is 237 g/mol. The van der Waals surface area contributed by atoms with Gasteiger partial charge in [-0.3, -0.25) is 9.59 Å². The molecule has 0 bridgehead atoms. The molecular weight excluding hydrogens is 222 g/mol. The Morgan fingerprint density at radius 1 is 1.41 bits per heavy atom. The fourth-order valence-electron chi connectivity index (χ4n) is 2.28. The van der Waals surface area contributed by atoms with Gasteiger partial charge < -0.3 is 14.8 Å². The molecule has 2 atom stereocenters. The number of amides is 1. The molecule has 0 radical (unpaired) electrons. The van der Waals surface area contributed by atoms with E-state index < -0.39 is 11.9 Å². The summed E-state index contributed by atoms with van der Waals surface area (Å²) in [7, 11) is 0. The smallest absolute Gasteiger partial charge is 0.307 e. The summed E-state index contributed by atoms with van der Waals surface area (Å²) in [6, 6.07) is 1.77. The Labute approximate surface area is 98.8 Å². The van der Waals surface area contributed by atoms with E-state index in [2.05, 4.69) is 5.32 Å². The van der Waals surface area contributed by atoms with Gasteiger partial charge in [-0.15, -0.1) is 0 Å². The predicted octanol–water partition coefficient (Wildman–Crippen LogP) is 1.40. The summed E-state index contributed by atoms with van der Waals surface area (Å²) in [5, 5.41) is 11.7. The monoisotopic (exact) mass is 237 g/mol. The number of carboxylic acid groups (broad SMARTS) is 1.